The van der Waals surface area contributed by atoms with Crippen LogP contribution in [0.15, 0.2) is 41.4 Å². The summed E-state index contributed by atoms with van der Waals surface area (Å²) in [5, 5.41) is 10.1. The minimum absolute atomic E-state index is 0.594. The number of aliphatic hydroxyl groups is 1. The maximum absolute atomic E-state index is 9.53. The molecule has 2 heteroatoms. The molecule has 1 aromatic carbocycles. The molecule has 1 aromatic rings. The quantitative estimate of drug-likeness (QED) is 0.746. The van der Waals surface area contributed by atoms with E-state index in [2.05, 4.69) is 0 Å². The van der Waals surface area contributed by atoms with Gasteiger partial charge in [-0.2, -0.15) is 0 Å². The Morgan fingerprint density at radius 3 is 2.50 bits per heavy atom. The van der Waals surface area contributed by atoms with Crippen LogP contribution in [0.2, 0.25) is 0 Å². The molecule has 1 rings (SSSR count). The van der Waals surface area contributed by atoms with Crippen molar-refractivity contribution in [3.05, 3.63) is 47.0 Å². The molecule has 0 fully saturated rings. The Morgan fingerprint density at radius 1 is 1.42 bits per heavy atom. The fourth-order valence-corrected chi connectivity index (χ4v) is 1.08. The van der Waals surface area contributed by atoms with E-state index in [1.165, 1.54) is 0 Å². The normalized spacial score (nSPS) is 14.4. The van der Waals surface area contributed by atoms with E-state index in [1.807, 2.05) is 30.3 Å². The summed E-state index contributed by atoms with van der Waals surface area (Å²) >= 11 is 5.62. The average Bonchev–Trinajstić information content (AvgIpc) is 2.05. The summed E-state index contributed by atoms with van der Waals surface area (Å²) in [7, 11) is 0. The van der Waals surface area contributed by atoms with Gasteiger partial charge in [0.2, 0.25) is 0 Å². The van der Waals surface area contributed by atoms with Gasteiger partial charge in [0.1, 0.15) is 0 Å². The van der Waals surface area contributed by atoms with Crippen LogP contribution in [0.5, 0.6) is 0 Å². The van der Waals surface area contributed by atoms with Crippen LogP contribution in [0.25, 0.3) is 0 Å². The smallest absolute Gasteiger partial charge is 0.0985 e. The number of allylic oxidation sites excluding steroid dienone is 1. The SMILES string of the molecule is C/C(Cl)=C/C(O)c1ccccc1. The number of benzene rings is 1. The van der Waals surface area contributed by atoms with Crippen LogP contribution in [0, 0.1) is 0 Å². The molecule has 0 spiro atoms. The molecule has 0 aromatic heterocycles. The summed E-state index contributed by atoms with van der Waals surface area (Å²) in [5.74, 6) is 0. The summed E-state index contributed by atoms with van der Waals surface area (Å²) in [6.07, 6.45) is 1.01. The van der Waals surface area contributed by atoms with E-state index < -0.39 is 6.10 Å². The molecular weight excluding hydrogens is 172 g/mol. The van der Waals surface area contributed by atoms with Crippen LogP contribution in [0.1, 0.15) is 18.6 Å². The number of aliphatic hydroxyl groups excluding tert-OH is 1. The standard InChI is InChI=1S/C10H11ClO/c1-8(11)7-10(12)9-5-3-2-4-6-9/h2-7,10,12H,1H3/b8-7-. The molecule has 0 saturated carbocycles. The monoisotopic (exact) mass is 182 g/mol. The van der Waals surface area contributed by atoms with Crippen molar-refractivity contribution in [2.24, 2.45) is 0 Å². The van der Waals surface area contributed by atoms with Gasteiger partial charge in [0.15, 0.2) is 0 Å². The molecule has 0 heterocycles. The van der Waals surface area contributed by atoms with Gasteiger partial charge in [0.25, 0.3) is 0 Å². The molecule has 1 nitrogen and oxygen atoms in total. The van der Waals surface area contributed by atoms with Gasteiger partial charge in [-0.3, -0.25) is 0 Å². The first-order valence-electron chi connectivity index (χ1n) is 3.77. The Bertz CT molecular complexity index is 262. The van der Waals surface area contributed by atoms with E-state index in [0.29, 0.717) is 5.03 Å². The highest BCUT2D eigenvalue weighted by Gasteiger charge is 2.01. The lowest BCUT2D eigenvalue weighted by atomic mass is 10.1. The molecule has 0 bridgehead atoms. The van der Waals surface area contributed by atoms with Gasteiger partial charge >= 0.3 is 0 Å². The third-order valence-corrected chi connectivity index (χ3v) is 1.65. The number of hydrogen-bond donors (Lipinski definition) is 1. The molecule has 0 saturated heterocycles. The highest BCUT2D eigenvalue weighted by Crippen LogP contribution is 2.16. The van der Waals surface area contributed by atoms with Gasteiger partial charge < -0.3 is 5.11 Å². The van der Waals surface area contributed by atoms with Gasteiger partial charge in [-0.15, -0.1) is 0 Å². The minimum Gasteiger partial charge on any atom is -0.384 e. The molecule has 1 atom stereocenters. The van der Waals surface area contributed by atoms with Crippen molar-refractivity contribution in [2.45, 2.75) is 13.0 Å². The lowest BCUT2D eigenvalue weighted by Crippen LogP contribution is -1.92. The summed E-state index contributed by atoms with van der Waals surface area (Å²) in [6, 6.07) is 9.40. The first kappa shape index (κ1) is 9.30. The third kappa shape index (κ3) is 2.68. The molecule has 1 N–H and O–H groups in total. The van der Waals surface area contributed by atoms with Crippen molar-refractivity contribution in [3.8, 4) is 0 Å². The van der Waals surface area contributed by atoms with Crippen LogP contribution in [-0.4, -0.2) is 5.11 Å². The van der Waals surface area contributed by atoms with Crippen molar-refractivity contribution in [1.82, 2.24) is 0 Å². The molecule has 0 aliphatic carbocycles. The van der Waals surface area contributed by atoms with Crippen LogP contribution in [0.4, 0.5) is 0 Å². The predicted molar refractivity (Wildman–Crippen MR) is 51.0 cm³/mol. The zero-order chi connectivity index (χ0) is 8.97. The Labute approximate surface area is 77.3 Å². The molecule has 0 aliphatic heterocycles. The van der Waals surface area contributed by atoms with E-state index in [1.54, 1.807) is 13.0 Å². The lowest BCUT2D eigenvalue weighted by Gasteiger charge is -2.04. The Balaban J connectivity index is 2.79. The molecule has 0 amide bonds. The van der Waals surface area contributed by atoms with Crippen molar-refractivity contribution >= 4 is 11.6 Å². The second-order valence-electron chi connectivity index (χ2n) is 2.61. The van der Waals surface area contributed by atoms with Crippen LogP contribution < -0.4 is 0 Å². The summed E-state index contributed by atoms with van der Waals surface area (Å²) in [5.41, 5.74) is 0.859. The molecule has 64 valence electrons. The largest absolute Gasteiger partial charge is 0.384 e. The molecule has 12 heavy (non-hydrogen) atoms. The van der Waals surface area contributed by atoms with E-state index in [-0.39, 0.29) is 0 Å². The van der Waals surface area contributed by atoms with Crippen molar-refractivity contribution in [2.75, 3.05) is 0 Å². The lowest BCUT2D eigenvalue weighted by molar-refractivity contribution is 0.228. The van der Waals surface area contributed by atoms with Gasteiger partial charge in [-0.05, 0) is 18.6 Å². The van der Waals surface area contributed by atoms with Crippen molar-refractivity contribution < 1.29 is 5.11 Å². The maximum Gasteiger partial charge on any atom is 0.0985 e. The highest BCUT2D eigenvalue weighted by atomic mass is 35.5. The second-order valence-corrected chi connectivity index (χ2v) is 3.21. The highest BCUT2D eigenvalue weighted by molar-refractivity contribution is 6.29. The number of hydrogen-bond acceptors (Lipinski definition) is 1. The van der Waals surface area contributed by atoms with E-state index >= 15 is 0 Å². The topological polar surface area (TPSA) is 20.2 Å². The van der Waals surface area contributed by atoms with Gasteiger partial charge in [-0.25, -0.2) is 0 Å². The zero-order valence-electron chi connectivity index (χ0n) is 6.87. The van der Waals surface area contributed by atoms with Crippen LogP contribution in [0.3, 0.4) is 0 Å². The zero-order valence-corrected chi connectivity index (χ0v) is 7.62. The van der Waals surface area contributed by atoms with E-state index in [0.717, 1.165) is 5.56 Å². The molecule has 0 radical (unpaired) electrons. The van der Waals surface area contributed by atoms with Crippen molar-refractivity contribution in [3.63, 3.8) is 0 Å². The van der Waals surface area contributed by atoms with E-state index in [4.69, 9.17) is 11.6 Å². The predicted octanol–water partition coefficient (Wildman–Crippen LogP) is 2.86. The fourth-order valence-electron chi connectivity index (χ4n) is 0.964. The Hall–Kier alpha value is -0.790. The van der Waals surface area contributed by atoms with E-state index in [9.17, 15) is 5.11 Å². The number of halogens is 1. The maximum atomic E-state index is 9.53. The molecule has 1 unspecified atom stereocenters. The van der Waals surface area contributed by atoms with Crippen LogP contribution >= 0.6 is 11.6 Å². The average molecular weight is 183 g/mol. The third-order valence-electron chi connectivity index (χ3n) is 1.53. The first-order valence-corrected chi connectivity index (χ1v) is 4.15. The number of rotatable bonds is 2. The van der Waals surface area contributed by atoms with Crippen LogP contribution in [-0.2, 0) is 0 Å². The van der Waals surface area contributed by atoms with Crippen molar-refractivity contribution in [1.29, 1.82) is 0 Å². The minimum atomic E-state index is -0.594. The van der Waals surface area contributed by atoms with Gasteiger partial charge in [-0.1, -0.05) is 41.9 Å². The summed E-state index contributed by atoms with van der Waals surface area (Å²) in [4.78, 5) is 0. The summed E-state index contributed by atoms with van der Waals surface area (Å²) in [6.45, 7) is 1.74. The molecule has 0 aliphatic rings. The fraction of sp³-hybridized carbons (Fsp3) is 0.200. The van der Waals surface area contributed by atoms with Gasteiger partial charge in [0.05, 0.1) is 6.10 Å². The Morgan fingerprint density at radius 2 is 2.00 bits per heavy atom. The first-order chi connectivity index (χ1) is 5.70. The second kappa shape index (κ2) is 4.29. The Kier molecular flexibility index (Phi) is 3.32. The van der Waals surface area contributed by atoms with Gasteiger partial charge in [0, 0.05) is 5.03 Å². The summed E-state index contributed by atoms with van der Waals surface area (Å²) < 4.78 is 0. The molecular formula is C10H11ClO.